The van der Waals surface area contributed by atoms with E-state index in [1.54, 1.807) is 13.8 Å². The normalized spacial score (nSPS) is 11.5. The van der Waals surface area contributed by atoms with Crippen LogP contribution in [0, 0.1) is 0 Å². The van der Waals surface area contributed by atoms with Crippen molar-refractivity contribution < 1.29 is 14.7 Å². The minimum atomic E-state index is -0.445. The lowest BCUT2D eigenvalue weighted by atomic mass is 10.3. The predicted molar refractivity (Wildman–Crippen MR) is 52.3 cm³/mol. The Hall–Kier alpha value is -1.46. The number of carbonyl (C=O) groups is 1. The number of alkyl carbamates (subject to hydrolysis) is 1. The van der Waals surface area contributed by atoms with E-state index in [1.807, 2.05) is 0 Å². The number of amides is 1. The molecule has 0 saturated heterocycles. The third kappa shape index (κ3) is 7.20. The SMILES string of the molecule is CC(C)OC(=O)NCCCC(N)=NO. The molecule has 0 bridgehead atoms. The maximum Gasteiger partial charge on any atom is 0.407 e. The van der Waals surface area contributed by atoms with Crippen LogP contribution in [0.15, 0.2) is 5.16 Å². The highest BCUT2D eigenvalue weighted by Crippen LogP contribution is 1.90. The van der Waals surface area contributed by atoms with Crippen LogP contribution in [-0.4, -0.2) is 29.8 Å². The maximum absolute atomic E-state index is 10.9. The molecular formula is C8H17N3O3. The summed E-state index contributed by atoms with van der Waals surface area (Å²) in [4.78, 5) is 10.9. The van der Waals surface area contributed by atoms with Crippen LogP contribution in [0.25, 0.3) is 0 Å². The van der Waals surface area contributed by atoms with Crippen molar-refractivity contribution in [2.45, 2.75) is 32.8 Å². The van der Waals surface area contributed by atoms with E-state index in [-0.39, 0.29) is 11.9 Å². The first kappa shape index (κ1) is 12.5. The van der Waals surface area contributed by atoms with Gasteiger partial charge in [0.1, 0.15) is 5.84 Å². The molecule has 0 heterocycles. The Labute approximate surface area is 83.1 Å². The number of nitrogens with zero attached hydrogens (tertiary/aromatic N) is 1. The molecule has 0 fully saturated rings. The van der Waals surface area contributed by atoms with Crippen LogP contribution in [0.3, 0.4) is 0 Å². The van der Waals surface area contributed by atoms with Crippen LogP contribution in [0.1, 0.15) is 26.7 Å². The topological polar surface area (TPSA) is 96.9 Å². The summed E-state index contributed by atoms with van der Waals surface area (Å²) in [5.41, 5.74) is 5.23. The van der Waals surface area contributed by atoms with Crippen LogP contribution in [0.2, 0.25) is 0 Å². The lowest BCUT2D eigenvalue weighted by Gasteiger charge is -2.08. The number of ether oxygens (including phenoxy) is 1. The minimum Gasteiger partial charge on any atom is -0.447 e. The molecule has 0 atom stereocenters. The van der Waals surface area contributed by atoms with Gasteiger partial charge in [-0.3, -0.25) is 0 Å². The van der Waals surface area contributed by atoms with Gasteiger partial charge in [-0.05, 0) is 20.3 Å². The Balaban J connectivity index is 3.41. The first-order chi connectivity index (χ1) is 6.56. The Bertz CT molecular complexity index is 204. The van der Waals surface area contributed by atoms with Gasteiger partial charge in [0, 0.05) is 13.0 Å². The van der Waals surface area contributed by atoms with Crippen molar-refractivity contribution in [2.75, 3.05) is 6.54 Å². The summed E-state index contributed by atoms with van der Waals surface area (Å²) in [6.45, 7) is 3.99. The van der Waals surface area contributed by atoms with E-state index in [1.165, 1.54) is 0 Å². The number of nitrogens with two attached hydrogens (primary N) is 1. The number of hydrogen-bond acceptors (Lipinski definition) is 4. The lowest BCUT2D eigenvalue weighted by molar-refractivity contribution is 0.115. The first-order valence-corrected chi connectivity index (χ1v) is 4.47. The molecule has 0 aliphatic heterocycles. The number of carbonyl (C=O) groups excluding carboxylic acids is 1. The van der Waals surface area contributed by atoms with Crippen molar-refractivity contribution in [1.29, 1.82) is 0 Å². The van der Waals surface area contributed by atoms with Gasteiger partial charge in [-0.15, -0.1) is 0 Å². The summed E-state index contributed by atoms with van der Waals surface area (Å²) in [5, 5.41) is 13.6. The zero-order chi connectivity index (χ0) is 11.0. The standard InChI is InChI=1S/C8H17N3O3/c1-6(2)14-8(12)10-5-3-4-7(9)11-13/h6,13H,3-5H2,1-2H3,(H2,9,11)(H,10,12). The highest BCUT2D eigenvalue weighted by molar-refractivity contribution is 5.79. The second-order valence-corrected chi connectivity index (χ2v) is 3.08. The van der Waals surface area contributed by atoms with Gasteiger partial charge in [-0.2, -0.15) is 0 Å². The Morgan fingerprint density at radius 2 is 2.29 bits per heavy atom. The summed E-state index contributed by atoms with van der Waals surface area (Å²) < 4.78 is 4.82. The molecule has 0 aliphatic carbocycles. The molecule has 0 aromatic rings. The average Bonchev–Trinajstić information content (AvgIpc) is 2.10. The van der Waals surface area contributed by atoms with Crippen LogP contribution in [0.4, 0.5) is 4.79 Å². The quantitative estimate of drug-likeness (QED) is 0.201. The van der Waals surface area contributed by atoms with Crippen molar-refractivity contribution in [3.05, 3.63) is 0 Å². The summed E-state index contributed by atoms with van der Waals surface area (Å²) in [7, 11) is 0. The molecule has 0 unspecified atom stereocenters. The predicted octanol–water partition coefficient (Wildman–Crippen LogP) is 0.648. The second kappa shape index (κ2) is 6.99. The molecule has 6 nitrogen and oxygen atoms in total. The molecule has 14 heavy (non-hydrogen) atoms. The lowest BCUT2D eigenvalue weighted by Crippen LogP contribution is -2.28. The van der Waals surface area contributed by atoms with E-state index >= 15 is 0 Å². The maximum atomic E-state index is 10.9. The van der Waals surface area contributed by atoms with E-state index in [2.05, 4.69) is 10.5 Å². The van der Waals surface area contributed by atoms with E-state index in [0.717, 1.165) is 0 Å². The zero-order valence-electron chi connectivity index (χ0n) is 8.49. The molecule has 0 spiro atoms. The van der Waals surface area contributed by atoms with Gasteiger partial charge in [-0.25, -0.2) is 4.79 Å². The largest absolute Gasteiger partial charge is 0.447 e. The number of rotatable bonds is 5. The van der Waals surface area contributed by atoms with Gasteiger partial charge in [0.25, 0.3) is 0 Å². The third-order valence-electron chi connectivity index (χ3n) is 1.35. The monoisotopic (exact) mass is 203 g/mol. The van der Waals surface area contributed by atoms with E-state index in [4.69, 9.17) is 15.7 Å². The molecule has 1 amide bonds. The fourth-order valence-electron chi connectivity index (χ4n) is 0.766. The zero-order valence-corrected chi connectivity index (χ0v) is 8.49. The molecule has 0 aliphatic rings. The molecule has 82 valence electrons. The smallest absolute Gasteiger partial charge is 0.407 e. The molecule has 0 aromatic carbocycles. The molecule has 0 radical (unpaired) electrons. The van der Waals surface area contributed by atoms with Crippen LogP contribution < -0.4 is 11.1 Å². The molecule has 0 rings (SSSR count). The number of hydrogen-bond donors (Lipinski definition) is 3. The van der Waals surface area contributed by atoms with Crippen molar-refractivity contribution in [2.24, 2.45) is 10.9 Å². The van der Waals surface area contributed by atoms with Crippen molar-refractivity contribution in [3.8, 4) is 0 Å². The van der Waals surface area contributed by atoms with Gasteiger partial charge >= 0.3 is 6.09 Å². The fourth-order valence-corrected chi connectivity index (χ4v) is 0.766. The van der Waals surface area contributed by atoms with Gasteiger partial charge in [0.2, 0.25) is 0 Å². The van der Waals surface area contributed by atoms with Gasteiger partial charge in [-0.1, -0.05) is 5.16 Å². The van der Waals surface area contributed by atoms with Gasteiger partial charge < -0.3 is 21.0 Å². The Morgan fingerprint density at radius 3 is 2.79 bits per heavy atom. The number of amidine groups is 1. The summed E-state index contributed by atoms with van der Waals surface area (Å²) in [6.07, 6.45) is 0.486. The fraction of sp³-hybridized carbons (Fsp3) is 0.750. The van der Waals surface area contributed by atoms with E-state index in [0.29, 0.717) is 19.4 Å². The van der Waals surface area contributed by atoms with Crippen molar-refractivity contribution in [1.82, 2.24) is 5.32 Å². The Morgan fingerprint density at radius 1 is 1.64 bits per heavy atom. The van der Waals surface area contributed by atoms with Crippen molar-refractivity contribution >= 4 is 11.9 Å². The molecule has 6 heteroatoms. The number of nitrogens with one attached hydrogen (secondary N) is 1. The highest BCUT2D eigenvalue weighted by atomic mass is 16.6. The molecule has 4 N–H and O–H groups in total. The first-order valence-electron chi connectivity index (χ1n) is 4.47. The molecular weight excluding hydrogens is 186 g/mol. The average molecular weight is 203 g/mol. The van der Waals surface area contributed by atoms with Crippen molar-refractivity contribution in [3.63, 3.8) is 0 Å². The van der Waals surface area contributed by atoms with Gasteiger partial charge in [0.15, 0.2) is 0 Å². The van der Waals surface area contributed by atoms with E-state index in [9.17, 15) is 4.79 Å². The third-order valence-corrected chi connectivity index (χ3v) is 1.35. The summed E-state index contributed by atoms with van der Waals surface area (Å²) in [5.74, 6) is 0.157. The summed E-state index contributed by atoms with van der Waals surface area (Å²) in [6, 6.07) is 0. The summed E-state index contributed by atoms with van der Waals surface area (Å²) >= 11 is 0. The molecule has 0 saturated carbocycles. The van der Waals surface area contributed by atoms with Crippen LogP contribution in [-0.2, 0) is 4.74 Å². The number of oxime groups is 1. The minimum absolute atomic E-state index is 0.126. The molecule has 0 aromatic heterocycles. The highest BCUT2D eigenvalue weighted by Gasteiger charge is 2.03. The van der Waals surface area contributed by atoms with E-state index < -0.39 is 6.09 Å². The second-order valence-electron chi connectivity index (χ2n) is 3.08. The van der Waals surface area contributed by atoms with Gasteiger partial charge in [0.05, 0.1) is 6.10 Å². The van der Waals surface area contributed by atoms with Crippen LogP contribution >= 0.6 is 0 Å². The van der Waals surface area contributed by atoms with Crippen LogP contribution in [0.5, 0.6) is 0 Å². The Kier molecular flexibility index (Phi) is 6.26.